The molecule has 1 heterocycles. The van der Waals surface area contributed by atoms with Gasteiger partial charge in [0.25, 0.3) is 0 Å². The minimum atomic E-state index is -0.795. The Balaban J connectivity index is 1.72. The molecule has 0 aromatic heterocycles. The third-order valence-electron chi connectivity index (χ3n) is 6.20. The Morgan fingerprint density at radius 3 is 2.77 bits per heavy atom. The molecule has 0 saturated carbocycles. The van der Waals surface area contributed by atoms with Gasteiger partial charge in [-0.3, -0.25) is 14.5 Å². The first kappa shape index (κ1) is 18.9. The van der Waals surface area contributed by atoms with Crippen molar-refractivity contribution in [2.24, 2.45) is 0 Å². The Hall–Kier alpha value is -1.88. The van der Waals surface area contributed by atoms with Crippen LogP contribution in [0.3, 0.4) is 0 Å². The Morgan fingerprint density at radius 2 is 2.00 bits per heavy atom. The minimum Gasteiger partial charge on any atom is -0.480 e. The molecule has 2 unspecified atom stereocenters. The lowest BCUT2D eigenvalue weighted by molar-refractivity contribution is -0.139. The molecule has 1 aromatic carbocycles. The van der Waals surface area contributed by atoms with Crippen LogP contribution >= 0.6 is 0 Å². The monoisotopic (exact) mass is 358 g/mol. The Morgan fingerprint density at radius 1 is 1.23 bits per heavy atom. The van der Waals surface area contributed by atoms with E-state index in [2.05, 4.69) is 25.1 Å². The lowest BCUT2D eigenvalue weighted by Crippen LogP contribution is -2.47. The van der Waals surface area contributed by atoms with Crippen LogP contribution in [-0.2, 0) is 21.4 Å². The number of nitrogens with zero attached hydrogens (tertiary/aromatic N) is 2. The number of likely N-dealkylation sites (N-methyl/N-ethyl adjacent to an activating group) is 1. The van der Waals surface area contributed by atoms with Crippen LogP contribution in [0.25, 0.3) is 0 Å². The summed E-state index contributed by atoms with van der Waals surface area (Å²) in [5, 5.41) is 9.02. The molecule has 2 atom stereocenters. The van der Waals surface area contributed by atoms with Crippen LogP contribution in [0.1, 0.15) is 50.2 Å². The van der Waals surface area contributed by atoms with Crippen molar-refractivity contribution in [3.05, 3.63) is 35.4 Å². The molecular formula is C21H30N2O3. The van der Waals surface area contributed by atoms with E-state index in [0.717, 1.165) is 45.1 Å². The highest BCUT2D eigenvalue weighted by Crippen LogP contribution is 2.39. The first-order valence-electron chi connectivity index (χ1n) is 9.71. The molecule has 5 heteroatoms. The predicted octanol–water partition coefficient (Wildman–Crippen LogP) is 2.68. The first-order chi connectivity index (χ1) is 12.4. The summed E-state index contributed by atoms with van der Waals surface area (Å²) in [6, 6.07) is 8.60. The number of benzene rings is 1. The van der Waals surface area contributed by atoms with Crippen molar-refractivity contribution < 1.29 is 14.7 Å². The van der Waals surface area contributed by atoms with Crippen molar-refractivity contribution in [2.75, 3.05) is 26.7 Å². The third kappa shape index (κ3) is 3.78. The van der Waals surface area contributed by atoms with E-state index in [1.165, 1.54) is 11.1 Å². The summed E-state index contributed by atoms with van der Waals surface area (Å²) < 4.78 is 0. The maximum Gasteiger partial charge on any atom is 0.317 e. The number of carboxylic acids is 1. The number of hydrogen-bond acceptors (Lipinski definition) is 3. The molecule has 1 saturated heterocycles. The summed E-state index contributed by atoms with van der Waals surface area (Å²) in [7, 11) is 1.87. The lowest BCUT2D eigenvalue weighted by Gasteiger charge is -2.38. The van der Waals surface area contributed by atoms with Gasteiger partial charge in [0, 0.05) is 19.1 Å². The van der Waals surface area contributed by atoms with E-state index < -0.39 is 11.4 Å². The van der Waals surface area contributed by atoms with Gasteiger partial charge in [-0.1, -0.05) is 24.3 Å². The normalized spacial score (nSPS) is 26.3. The van der Waals surface area contributed by atoms with Gasteiger partial charge in [-0.2, -0.15) is 0 Å². The molecule has 0 radical (unpaired) electrons. The molecule has 3 rings (SSSR count). The number of rotatable bonds is 4. The van der Waals surface area contributed by atoms with Crippen molar-refractivity contribution in [1.29, 1.82) is 0 Å². The van der Waals surface area contributed by atoms with Crippen LogP contribution in [0.5, 0.6) is 0 Å². The summed E-state index contributed by atoms with van der Waals surface area (Å²) >= 11 is 0. The van der Waals surface area contributed by atoms with Gasteiger partial charge in [-0.05, 0) is 63.6 Å². The van der Waals surface area contributed by atoms with Crippen LogP contribution in [0.15, 0.2) is 24.3 Å². The summed E-state index contributed by atoms with van der Waals surface area (Å²) in [5.41, 5.74) is 2.07. The minimum absolute atomic E-state index is 0.0592. The van der Waals surface area contributed by atoms with E-state index in [9.17, 15) is 9.59 Å². The number of hydrogen-bond donors (Lipinski definition) is 1. The third-order valence-corrected chi connectivity index (χ3v) is 6.20. The van der Waals surface area contributed by atoms with Crippen molar-refractivity contribution in [3.8, 4) is 0 Å². The number of carbonyl (C=O) groups excluding carboxylic acids is 1. The topological polar surface area (TPSA) is 60.9 Å². The first-order valence-corrected chi connectivity index (χ1v) is 9.71. The predicted molar refractivity (Wildman–Crippen MR) is 101 cm³/mol. The van der Waals surface area contributed by atoms with E-state index in [4.69, 9.17) is 5.11 Å². The summed E-state index contributed by atoms with van der Waals surface area (Å²) in [4.78, 5) is 28.4. The fourth-order valence-electron chi connectivity index (χ4n) is 4.68. The van der Waals surface area contributed by atoms with Gasteiger partial charge in [-0.25, -0.2) is 0 Å². The van der Waals surface area contributed by atoms with Gasteiger partial charge >= 0.3 is 5.97 Å². The smallest absolute Gasteiger partial charge is 0.317 e. The zero-order chi connectivity index (χ0) is 18.7. The van der Waals surface area contributed by atoms with Gasteiger partial charge in [0.2, 0.25) is 5.91 Å². The van der Waals surface area contributed by atoms with Gasteiger partial charge in [0.05, 0.1) is 12.0 Å². The number of likely N-dealkylation sites (tertiary alicyclic amines) is 1. The molecular weight excluding hydrogens is 328 g/mol. The molecule has 1 fully saturated rings. The Kier molecular flexibility index (Phi) is 5.66. The molecule has 1 aromatic rings. The average Bonchev–Trinajstić information content (AvgIpc) is 2.87. The molecule has 142 valence electrons. The van der Waals surface area contributed by atoms with E-state index in [0.29, 0.717) is 6.54 Å². The quantitative estimate of drug-likeness (QED) is 0.899. The summed E-state index contributed by atoms with van der Waals surface area (Å²) in [6.07, 6.45) is 5.73. The average molecular weight is 358 g/mol. The number of aryl methyl sites for hydroxylation is 1. The zero-order valence-corrected chi connectivity index (χ0v) is 15.9. The lowest BCUT2D eigenvalue weighted by atomic mass is 9.70. The molecule has 0 spiro atoms. The van der Waals surface area contributed by atoms with Crippen molar-refractivity contribution in [1.82, 2.24) is 9.80 Å². The van der Waals surface area contributed by atoms with Crippen molar-refractivity contribution in [3.63, 3.8) is 0 Å². The summed E-state index contributed by atoms with van der Waals surface area (Å²) in [5.74, 6) is -0.554. The van der Waals surface area contributed by atoms with Gasteiger partial charge in [-0.15, -0.1) is 0 Å². The second-order valence-electron chi connectivity index (χ2n) is 8.03. The highest BCUT2D eigenvalue weighted by atomic mass is 16.4. The molecule has 26 heavy (non-hydrogen) atoms. The van der Waals surface area contributed by atoms with Crippen molar-refractivity contribution in [2.45, 2.75) is 56.9 Å². The molecule has 0 bridgehead atoms. The number of amides is 1. The van der Waals surface area contributed by atoms with Crippen LogP contribution in [0.4, 0.5) is 0 Å². The number of fused-ring (bicyclic) bond motifs is 1. The van der Waals surface area contributed by atoms with Crippen molar-refractivity contribution >= 4 is 11.9 Å². The van der Waals surface area contributed by atoms with Crippen LogP contribution in [0.2, 0.25) is 0 Å². The molecule has 1 N–H and O–H groups in total. The van der Waals surface area contributed by atoms with Crippen LogP contribution in [-0.4, -0.2) is 59.5 Å². The van der Waals surface area contributed by atoms with E-state index in [-0.39, 0.29) is 18.5 Å². The van der Waals surface area contributed by atoms with Gasteiger partial charge < -0.3 is 10.0 Å². The molecule has 1 aliphatic heterocycles. The highest BCUT2D eigenvalue weighted by Gasteiger charge is 2.41. The number of carbonyl (C=O) groups is 2. The Bertz CT molecular complexity index is 675. The largest absolute Gasteiger partial charge is 0.480 e. The van der Waals surface area contributed by atoms with Gasteiger partial charge in [0.1, 0.15) is 0 Å². The Labute approximate surface area is 156 Å². The maximum absolute atomic E-state index is 13.5. The molecule has 1 amide bonds. The highest BCUT2D eigenvalue weighted by molar-refractivity contribution is 5.88. The van der Waals surface area contributed by atoms with E-state index in [1.54, 1.807) is 0 Å². The van der Waals surface area contributed by atoms with E-state index in [1.807, 2.05) is 22.9 Å². The number of aliphatic carboxylic acids is 1. The second-order valence-corrected chi connectivity index (χ2v) is 8.03. The molecule has 1 aliphatic carbocycles. The standard InChI is InChI=1S/C21H30N2O3/c1-21(12-5-8-16-7-3-4-10-18(16)21)20(26)23-13-6-9-17(11-14-23)22(2)15-19(24)25/h3-4,7,10,17H,5-6,8-9,11-15H2,1-2H3,(H,24,25). The zero-order valence-electron chi connectivity index (χ0n) is 15.9. The fraction of sp³-hybridized carbons (Fsp3) is 0.619. The maximum atomic E-state index is 13.5. The molecule has 2 aliphatic rings. The SMILES string of the molecule is CN(CC(=O)O)C1CCCN(C(=O)C2(C)CCCc3ccccc32)CC1. The van der Waals surface area contributed by atoms with Crippen LogP contribution in [0, 0.1) is 0 Å². The second kappa shape index (κ2) is 7.78. The van der Waals surface area contributed by atoms with Gasteiger partial charge in [0.15, 0.2) is 0 Å². The fourth-order valence-corrected chi connectivity index (χ4v) is 4.68. The van der Waals surface area contributed by atoms with Crippen LogP contribution < -0.4 is 0 Å². The summed E-state index contributed by atoms with van der Waals surface area (Å²) in [6.45, 7) is 3.65. The number of carboxylic acid groups (broad SMARTS) is 1. The van der Waals surface area contributed by atoms with E-state index >= 15 is 0 Å². The molecule has 5 nitrogen and oxygen atoms in total.